The first-order valence-electron chi connectivity index (χ1n) is 19.1. The monoisotopic (exact) mass is 709 g/mol. The van der Waals surface area contributed by atoms with Crippen molar-refractivity contribution in [1.29, 1.82) is 0 Å². The van der Waals surface area contributed by atoms with E-state index in [0.29, 0.717) is 0 Å². The number of hydrogen-bond donors (Lipinski definition) is 0. The predicted octanol–water partition coefficient (Wildman–Crippen LogP) is 14.0. The van der Waals surface area contributed by atoms with Gasteiger partial charge in [-0.15, -0.1) is 0 Å². The molecule has 56 heavy (non-hydrogen) atoms. The summed E-state index contributed by atoms with van der Waals surface area (Å²) >= 11 is 0. The van der Waals surface area contributed by atoms with Crippen molar-refractivity contribution in [3.63, 3.8) is 0 Å². The van der Waals surface area contributed by atoms with Gasteiger partial charge < -0.3 is 0 Å². The Bertz CT molecular complexity index is 3390. The third-order valence-corrected chi connectivity index (χ3v) is 11.6. The summed E-state index contributed by atoms with van der Waals surface area (Å²) in [6.07, 6.45) is 0. The molecule has 11 aromatic rings. The topological polar surface area (TPSA) is 38.7 Å². The van der Waals surface area contributed by atoms with Gasteiger partial charge in [-0.2, -0.15) is 0 Å². The highest BCUT2D eigenvalue weighted by Gasteiger charge is 2.21. The van der Waals surface area contributed by atoms with Gasteiger partial charge in [0.05, 0.1) is 33.5 Å². The number of nitrogens with zero attached hydrogens (tertiary/aromatic N) is 3. The number of para-hydroxylation sites is 1. The average Bonchev–Trinajstić information content (AvgIpc) is 3.59. The van der Waals surface area contributed by atoms with E-state index in [1.54, 1.807) is 0 Å². The third-order valence-electron chi connectivity index (χ3n) is 11.6. The van der Waals surface area contributed by atoms with Crippen LogP contribution < -0.4 is 0 Å². The van der Waals surface area contributed by atoms with Gasteiger partial charge >= 0.3 is 0 Å². The Kier molecular flexibility index (Phi) is 6.63. The second kappa shape index (κ2) is 12.0. The summed E-state index contributed by atoms with van der Waals surface area (Å²) in [6.45, 7) is 0. The number of rotatable bonds is 4. The zero-order valence-corrected chi connectivity index (χ0v) is 30.2. The van der Waals surface area contributed by atoms with Crippen LogP contribution in [0.25, 0.3) is 121 Å². The first kappa shape index (κ1) is 30.9. The maximum atomic E-state index is 5.23. The van der Waals surface area contributed by atoms with E-state index < -0.39 is 0 Å². The van der Waals surface area contributed by atoms with Crippen LogP contribution in [0, 0.1) is 0 Å². The minimum Gasteiger partial charge on any atom is -0.248 e. The molecule has 0 saturated carbocycles. The third kappa shape index (κ3) is 4.88. The molecular formula is C53H31N3. The Morgan fingerprint density at radius 3 is 1.45 bits per heavy atom. The van der Waals surface area contributed by atoms with Crippen molar-refractivity contribution in [2.75, 3.05) is 0 Å². The molecule has 0 saturated heterocycles. The fourth-order valence-electron chi connectivity index (χ4n) is 8.69. The summed E-state index contributed by atoms with van der Waals surface area (Å²) < 4.78 is 0. The molecule has 1 aliphatic carbocycles. The van der Waals surface area contributed by atoms with Gasteiger partial charge in [0.15, 0.2) is 0 Å². The molecule has 0 radical (unpaired) electrons. The second-order valence-electron chi connectivity index (χ2n) is 14.8. The van der Waals surface area contributed by atoms with Gasteiger partial charge in [-0.25, -0.2) is 15.0 Å². The highest BCUT2D eigenvalue weighted by Crippen LogP contribution is 2.48. The summed E-state index contributed by atoms with van der Waals surface area (Å²) in [5.74, 6) is 0. The van der Waals surface area contributed by atoms with Gasteiger partial charge in [0, 0.05) is 32.7 Å². The standard InChI is InChI=1S/C53H31N3/c1-2-10-47-41(5-1)30-42-29-39(24-28-50(42)54-47)32-11-15-34(16-12-32)48-26-22-37-19-20-38-23-27-49(56-53(38)52(37)55-48)35-17-13-33(14-18-35)40-21-25-43-44-8-3-6-36-7-4-9-45(51(36)44)46(43)31-40/h1-31H. The molecule has 0 amide bonds. The lowest BCUT2D eigenvalue weighted by molar-refractivity contribution is 1.36. The molecule has 3 heterocycles. The van der Waals surface area contributed by atoms with E-state index in [1.807, 2.05) is 6.07 Å². The highest BCUT2D eigenvalue weighted by molar-refractivity contribution is 6.15. The molecule has 12 rings (SSSR count). The number of pyridine rings is 3. The normalized spacial score (nSPS) is 11.9. The maximum Gasteiger partial charge on any atom is 0.0972 e. The van der Waals surface area contributed by atoms with Crippen LogP contribution in [-0.2, 0) is 0 Å². The van der Waals surface area contributed by atoms with E-state index in [4.69, 9.17) is 15.0 Å². The minimum atomic E-state index is 0.908. The Hall–Kier alpha value is -7.49. The largest absolute Gasteiger partial charge is 0.248 e. The van der Waals surface area contributed by atoms with Crippen LogP contribution in [0.5, 0.6) is 0 Å². The lowest BCUT2D eigenvalue weighted by atomic mass is 9.96. The van der Waals surface area contributed by atoms with Crippen LogP contribution in [0.3, 0.4) is 0 Å². The summed E-state index contributed by atoms with van der Waals surface area (Å²) in [5, 5.41) is 7.09. The summed E-state index contributed by atoms with van der Waals surface area (Å²) in [5.41, 5.74) is 17.8. The molecule has 0 unspecified atom stereocenters. The molecule has 0 N–H and O–H groups in total. The van der Waals surface area contributed by atoms with Crippen molar-refractivity contribution in [2.24, 2.45) is 0 Å². The fraction of sp³-hybridized carbons (Fsp3) is 0. The van der Waals surface area contributed by atoms with Gasteiger partial charge in [0.1, 0.15) is 0 Å². The van der Waals surface area contributed by atoms with E-state index >= 15 is 0 Å². The quantitative estimate of drug-likeness (QED) is 0.135. The number of benzene rings is 8. The molecule has 0 atom stereocenters. The smallest absolute Gasteiger partial charge is 0.0972 e. The molecule has 3 heteroatoms. The number of aromatic nitrogens is 3. The van der Waals surface area contributed by atoms with Gasteiger partial charge in [-0.1, -0.05) is 146 Å². The molecule has 0 spiro atoms. The molecule has 0 fully saturated rings. The number of fused-ring (bicyclic) bond motifs is 8. The van der Waals surface area contributed by atoms with Crippen molar-refractivity contribution in [2.45, 2.75) is 0 Å². The zero-order chi connectivity index (χ0) is 36.7. The van der Waals surface area contributed by atoms with E-state index in [0.717, 1.165) is 71.7 Å². The van der Waals surface area contributed by atoms with Crippen LogP contribution in [0.1, 0.15) is 0 Å². The van der Waals surface area contributed by atoms with Crippen LogP contribution in [0.4, 0.5) is 0 Å². The van der Waals surface area contributed by atoms with Crippen LogP contribution in [0.2, 0.25) is 0 Å². The van der Waals surface area contributed by atoms with E-state index in [-0.39, 0.29) is 0 Å². The summed E-state index contributed by atoms with van der Waals surface area (Å²) in [7, 11) is 0. The highest BCUT2D eigenvalue weighted by atomic mass is 14.8. The molecule has 258 valence electrons. The van der Waals surface area contributed by atoms with E-state index in [1.165, 1.54) is 49.7 Å². The van der Waals surface area contributed by atoms with Crippen LogP contribution in [0.15, 0.2) is 188 Å². The summed E-state index contributed by atoms with van der Waals surface area (Å²) in [4.78, 5) is 15.3. The molecule has 1 aliphatic rings. The van der Waals surface area contributed by atoms with Gasteiger partial charge in [0.2, 0.25) is 0 Å². The van der Waals surface area contributed by atoms with Crippen molar-refractivity contribution >= 4 is 54.4 Å². The van der Waals surface area contributed by atoms with Crippen molar-refractivity contribution < 1.29 is 0 Å². The fourth-order valence-corrected chi connectivity index (χ4v) is 8.69. The molecule has 8 aromatic carbocycles. The average molecular weight is 710 g/mol. The molecular weight excluding hydrogens is 679 g/mol. The second-order valence-corrected chi connectivity index (χ2v) is 14.8. The van der Waals surface area contributed by atoms with Gasteiger partial charge in [-0.05, 0) is 97.7 Å². The Balaban J connectivity index is 0.856. The predicted molar refractivity (Wildman–Crippen MR) is 234 cm³/mol. The van der Waals surface area contributed by atoms with Crippen molar-refractivity contribution in [3.8, 4) is 67.0 Å². The minimum absolute atomic E-state index is 0.908. The number of hydrogen-bond acceptors (Lipinski definition) is 3. The molecule has 3 nitrogen and oxygen atoms in total. The lowest BCUT2D eigenvalue weighted by Crippen LogP contribution is -1.91. The summed E-state index contributed by atoms with van der Waals surface area (Å²) in [6, 6.07) is 67.4. The molecule has 3 aromatic heterocycles. The Labute approximate surface area is 323 Å². The van der Waals surface area contributed by atoms with E-state index in [2.05, 4.69) is 182 Å². The first-order chi connectivity index (χ1) is 27.7. The van der Waals surface area contributed by atoms with E-state index in [9.17, 15) is 0 Å². The SMILES string of the molecule is c1ccc2nc3ccc(-c4ccc(-c5ccc6ccc7ccc(-c8ccc(-c9ccc%10c(c9)-c9cccc%11cccc-%10c9%11)cc8)nc7c6n5)cc4)cc3cc2c1. The van der Waals surface area contributed by atoms with Gasteiger partial charge in [0.25, 0.3) is 0 Å². The first-order valence-corrected chi connectivity index (χ1v) is 19.1. The van der Waals surface area contributed by atoms with Crippen molar-refractivity contribution in [3.05, 3.63) is 188 Å². The van der Waals surface area contributed by atoms with Crippen LogP contribution in [-0.4, -0.2) is 15.0 Å². The maximum absolute atomic E-state index is 5.23. The molecule has 0 bridgehead atoms. The van der Waals surface area contributed by atoms with Gasteiger partial charge in [-0.3, -0.25) is 0 Å². The zero-order valence-electron chi connectivity index (χ0n) is 30.2. The molecule has 0 aliphatic heterocycles. The Morgan fingerprint density at radius 2 is 0.768 bits per heavy atom. The van der Waals surface area contributed by atoms with Crippen molar-refractivity contribution in [1.82, 2.24) is 15.0 Å². The van der Waals surface area contributed by atoms with Crippen LogP contribution >= 0.6 is 0 Å². The Morgan fingerprint density at radius 1 is 0.250 bits per heavy atom. The lowest BCUT2D eigenvalue weighted by Gasteiger charge is -2.10.